The smallest absolute Gasteiger partial charge is 0.308 e. The molecule has 1 N–H and O–H groups in total. The summed E-state index contributed by atoms with van der Waals surface area (Å²) in [5, 5.41) is 2.58. The van der Waals surface area contributed by atoms with Gasteiger partial charge in [0.25, 0.3) is 0 Å². The Morgan fingerprint density at radius 3 is 2.46 bits per heavy atom. The van der Waals surface area contributed by atoms with Crippen LogP contribution in [0.15, 0.2) is 88.9 Å². The maximum Gasteiger partial charge on any atom is 0.308 e. The van der Waals surface area contributed by atoms with E-state index in [1.165, 1.54) is 21.2 Å². The molecule has 0 spiro atoms. The van der Waals surface area contributed by atoms with Gasteiger partial charge in [-0.3, -0.25) is 28.7 Å². The van der Waals surface area contributed by atoms with Crippen LogP contribution in [-0.4, -0.2) is 39.6 Å². The Bertz CT molecular complexity index is 1620. The van der Waals surface area contributed by atoms with Crippen molar-refractivity contribution in [3.05, 3.63) is 99.2 Å². The largest absolute Gasteiger partial charge is 0.497 e. The molecule has 9 nitrogen and oxygen atoms in total. The van der Waals surface area contributed by atoms with Crippen LogP contribution in [-0.2, 0) is 20.9 Å². The molecule has 39 heavy (non-hydrogen) atoms. The number of methoxy groups -OCH3 is 1. The maximum absolute atomic E-state index is 13.8. The standard InChI is InChI=1S/C28H22N4O5S2/c1-37-19-11-9-17(10-12-19)30-20(33)15-31-27-24(39-28(31)36)21(16-6-5-13-29-14-16)22-23(38-27)26(35)32(25(22)34)18-7-3-2-4-8-18/h2-14,21-23H,15H2,1H3,(H,30,33)/t21-,22?,23?/m1/s1. The molecule has 2 aromatic carbocycles. The fourth-order valence-corrected chi connectivity index (χ4v) is 7.80. The fourth-order valence-electron chi connectivity index (χ4n) is 5.02. The molecule has 4 aromatic rings. The third-order valence-corrected chi connectivity index (χ3v) is 9.39. The number of carbonyl (C=O) groups excluding carboxylic acids is 3. The van der Waals surface area contributed by atoms with Crippen LogP contribution in [0.3, 0.4) is 0 Å². The number of hydrogen-bond acceptors (Lipinski definition) is 8. The van der Waals surface area contributed by atoms with Crippen LogP contribution in [0.2, 0.25) is 0 Å². The second-order valence-electron chi connectivity index (χ2n) is 9.08. The Morgan fingerprint density at radius 1 is 1.00 bits per heavy atom. The number of rotatable bonds is 6. The van der Waals surface area contributed by atoms with Gasteiger partial charge in [0, 0.05) is 28.9 Å². The van der Waals surface area contributed by atoms with Crippen molar-refractivity contribution in [2.45, 2.75) is 22.7 Å². The van der Waals surface area contributed by atoms with Gasteiger partial charge in [0.15, 0.2) is 0 Å². The number of nitrogens with zero attached hydrogens (tertiary/aromatic N) is 3. The number of pyridine rings is 1. The first-order valence-electron chi connectivity index (χ1n) is 12.1. The van der Waals surface area contributed by atoms with E-state index in [4.69, 9.17) is 4.74 Å². The first kappa shape index (κ1) is 25.1. The van der Waals surface area contributed by atoms with E-state index in [-0.39, 0.29) is 29.1 Å². The summed E-state index contributed by atoms with van der Waals surface area (Å²) in [5.41, 5.74) is 1.81. The van der Waals surface area contributed by atoms with Crippen LogP contribution in [0.1, 0.15) is 16.4 Å². The first-order valence-corrected chi connectivity index (χ1v) is 13.8. The Hall–Kier alpha value is -4.22. The average molecular weight is 559 g/mol. The van der Waals surface area contributed by atoms with Crippen molar-refractivity contribution in [2.75, 3.05) is 17.3 Å². The highest BCUT2D eigenvalue weighted by Crippen LogP contribution is 2.53. The van der Waals surface area contributed by atoms with Gasteiger partial charge in [-0.05, 0) is 48.0 Å². The summed E-state index contributed by atoms with van der Waals surface area (Å²) < 4.78 is 6.55. The van der Waals surface area contributed by atoms with Crippen molar-refractivity contribution >= 4 is 52.2 Å². The zero-order valence-corrected chi connectivity index (χ0v) is 22.3. The molecule has 0 bridgehead atoms. The molecule has 3 atom stereocenters. The molecule has 1 saturated heterocycles. The van der Waals surface area contributed by atoms with Gasteiger partial charge in [0.2, 0.25) is 17.7 Å². The van der Waals surface area contributed by atoms with E-state index in [0.29, 0.717) is 27.0 Å². The number of fused-ring (bicyclic) bond motifs is 2. The van der Waals surface area contributed by atoms with Crippen LogP contribution in [0.25, 0.3) is 0 Å². The van der Waals surface area contributed by atoms with Crippen molar-refractivity contribution in [3.8, 4) is 5.75 Å². The zero-order valence-electron chi connectivity index (χ0n) is 20.6. The number of amides is 3. The Balaban J connectivity index is 1.37. The number of aromatic nitrogens is 2. The Kier molecular flexibility index (Phi) is 6.53. The third-order valence-electron chi connectivity index (χ3n) is 6.78. The number of ether oxygens (including phenoxy) is 1. The summed E-state index contributed by atoms with van der Waals surface area (Å²) in [6.07, 6.45) is 3.30. The maximum atomic E-state index is 13.8. The lowest BCUT2D eigenvalue weighted by Gasteiger charge is -2.30. The monoisotopic (exact) mass is 558 g/mol. The number of anilines is 2. The van der Waals surface area contributed by atoms with Crippen LogP contribution < -0.4 is 19.8 Å². The van der Waals surface area contributed by atoms with E-state index < -0.39 is 17.1 Å². The molecule has 6 rings (SSSR count). The topological polar surface area (TPSA) is 111 Å². The van der Waals surface area contributed by atoms with Crippen molar-refractivity contribution in [2.24, 2.45) is 5.92 Å². The summed E-state index contributed by atoms with van der Waals surface area (Å²) in [5.74, 6) is -1.64. The van der Waals surface area contributed by atoms with E-state index in [1.807, 2.05) is 12.1 Å². The fraction of sp³-hybridized carbons (Fsp3) is 0.179. The van der Waals surface area contributed by atoms with E-state index >= 15 is 0 Å². The van der Waals surface area contributed by atoms with Crippen LogP contribution in [0.4, 0.5) is 11.4 Å². The number of thiazole rings is 1. The van der Waals surface area contributed by atoms with Gasteiger partial charge in [-0.15, -0.1) is 0 Å². The Labute approximate surface area is 231 Å². The van der Waals surface area contributed by atoms with Crippen molar-refractivity contribution in [3.63, 3.8) is 0 Å². The molecular formula is C28H22N4O5S2. The SMILES string of the molecule is COc1ccc(NC(=O)Cn2c3c(sc2=O)[C@H](c2cccnc2)C2C(=O)N(c4ccccc4)C(=O)C2S3)cc1. The normalized spacial score (nSPS) is 19.9. The summed E-state index contributed by atoms with van der Waals surface area (Å²) in [6, 6.07) is 19.3. The summed E-state index contributed by atoms with van der Waals surface area (Å²) in [7, 11) is 1.56. The molecule has 2 unspecified atom stereocenters. The predicted molar refractivity (Wildman–Crippen MR) is 148 cm³/mol. The highest BCUT2D eigenvalue weighted by Gasteiger charge is 2.56. The van der Waals surface area contributed by atoms with E-state index in [2.05, 4.69) is 10.3 Å². The lowest BCUT2D eigenvalue weighted by atomic mass is 9.84. The van der Waals surface area contributed by atoms with E-state index in [0.717, 1.165) is 16.9 Å². The molecular weight excluding hydrogens is 536 g/mol. The van der Waals surface area contributed by atoms with Gasteiger partial charge in [-0.1, -0.05) is 47.4 Å². The van der Waals surface area contributed by atoms with Crippen molar-refractivity contribution in [1.29, 1.82) is 0 Å². The number of thioether (sulfide) groups is 1. The van der Waals surface area contributed by atoms with Gasteiger partial charge in [0.1, 0.15) is 17.5 Å². The van der Waals surface area contributed by atoms with Gasteiger partial charge < -0.3 is 10.1 Å². The third kappa shape index (κ3) is 4.43. The molecule has 1 fully saturated rings. The number of imide groups is 1. The highest BCUT2D eigenvalue weighted by atomic mass is 32.2. The molecule has 0 aliphatic carbocycles. The van der Waals surface area contributed by atoms with Gasteiger partial charge >= 0.3 is 4.87 Å². The lowest BCUT2D eigenvalue weighted by molar-refractivity contribution is -0.122. The summed E-state index contributed by atoms with van der Waals surface area (Å²) in [6.45, 7) is -0.231. The van der Waals surface area contributed by atoms with Crippen LogP contribution in [0, 0.1) is 5.92 Å². The second kappa shape index (κ2) is 10.2. The molecule has 4 heterocycles. The molecule has 2 aliphatic heterocycles. The number of nitrogens with one attached hydrogen (secondary N) is 1. The summed E-state index contributed by atoms with van der Waals surface area (Å²) >= 11 is 2.18. The van der Waals surface area contributed by atoms with Gasteiger partial charge in [-0.25, -0.2) is 4.90 Å². The van der Waals surface area contributed by atoms with E-state index in [9.17, 15) is 19.2 Å². The summed E-state index contributed by atoms with van der Waals surface area (Å²) in [4.78, 5) is 59.4. The lowest BCUT2D eigenvalue weighted by Crippen LogP contribution is -2.33. The number of benzene rings is 2. The Morgan fingerprint density at radius 2 is 1.77 bits per heavy atom. The minimum absolute atomic E-state index is 0.231. The highest BCUT2D eigenvalue weighted by molar-refractivity contribution is 8.00. The first-order chi connectivity index (χ1) is 19.0. The van der Waals surface area contributed by atoms with Gasteiger partial charge in [0.05, 0.1) is 23.7 Å². The minimum Gasteiger partial charge on any atom is -0.497 e. The molecule has 0 saturated carbocycles. The molecule has 11 heteroatoms. The second-order valence-corrected chi connectivity index (χ2v) is 11.2. The molecule has 2 aromatic heterocycles. The zero-order chi connectivity index (χ0) is 27.1. The molecule has 3 amide bonds. The molecule has 196 valence electrons. The molecule has 0 radical (unpaired) electrons. The van der Waals surface area contributed by atoms with Crippen molar-refractivity contribution in [1.82, 2.24) is 9.55 Å². The number of hydrogen-bond donors (Lipinski definition) is 1. The average Bonchev–Trinajstić information content (AvgIpc) is 3.40. The van der Waals surface area contributed by atoms with Crippen LogP contribution in [0.5, 0.6) is 5.75 Å². The predicted octanol–water partition coefficient (Wildman–Crippen LogP) is 3.75. The van der Waals surface area contributed by atoms with Crippen LogP contribution >= 0.6 is 23.1 Å². The van der Waals surface area contributed by atoms with E-state index in [1.54, 1.807) is 74.1 Å². The number of para-hydroxylation sites is 1. The number of carbonyl (C=O) groups is 3. The quantitative estimate of drug-likeness (QED) is 0.359. The van der Waals surface area contributed by atoms with Crippen molar-refractivity contribution < 1.29 is 19.1 Å². The molecule has 2 aliphatic rings. The minimum atomic E-state index is -0.750. The van der Waals surface area contributed by atoms with Gasteiger partial charge in [-0.2, -0.15) is 0 Å².